The van der Waals surface area contributed by atoms with Crippen LogP contribution in [0.25, 0.3) is 10.2 Å². The summed E-state index contributed by atoms with van der Waals surface area (Å²) in [5.41, 5.74) is -0.0827. The summed E-state index contributed by atoms with van der Waals surface area (Å²) in [5.74, 6) is -0.161. The molecule has 0 atom stereocenters. The van der Waals surface area contributed by atoms with Crippen molar-refractivity contribution in [3.05, 3.63) is 52.3 Å². The maximum absolute atomic E-state index is 13.0. The van der Waals surface area contributed by atoms with Gasteiger partial charge in [0.25, 0.3) is 12.3 Å². The van der Waals surface area contributed by atoms with Gasteiger partial charge in [0.05, 0.1) is 20.8 Å². The lowest BCUT2D eigenvalue weighted by Crippen LogP contribution is -2.21. The van der Waals surface area contributed by atoms with Gasteiger partial charge in [0.15, 0.2) is 0 Å². The van der Waals surface area contributed by atoms with Crippen LogP contribution in [0.1, 0.15) is 78.5 Å². The molecule has 1 aromatic carbocycles. The topological polar surface area (TPSA) is 92.2 Å². The Labute approximate surface area is 194 Å². The smallest absolute Gasteiger partial charge is 0.280 e. The van der Waals surface area contributed by atoms with Gasteiger partial charge in [0.1, 0.15) is 12.0 Å². The lowest BCUT2D eigenvalue weighted by atomic mass is 9.83. The average Bonchev–Trinajstić information content (AvgIpc) is 3.21. The number of fused-ring (bicyclic) bond motifs is 1. The van der Waals surface area contributed by atoms with Crippen LogP contribution in [0.5, 0.6) is 0 Å². The summed E-state index contributed by atoms with van der Waals surface area (Å²) < 4.78 is 26.8. The van der Waals surface area contributed by atoms with Gasteiger partial charge in [-0.25, -0.2) is 13.8 Å². The van der Waals surface area contributed by atoms with E-state index in [4.69, 9.17) is 4.98 Å². The van der Waals surface area contributed by atoms with Gasteiger partial charge in [-0.05, 0) is 63.8 Å². The Morgan fingerprint density at radius 3 is 2.61 bits per heavy atom. The fraction of sp³-hybridized carbons (Fsp3) is 0.417. The molecule has 0 radical (unpaired) electrons. The van der Waals surface area contributed by atoms with E-state index in [9.17, 15) is 23.5 Å². The van der Waals surface area contributed by atoms with Crippen LogP contribution in [0.2, 0.25) is 0 Å². The Bertz CT molecular complexity index is 1180. The van der Waals surface area contributed by atoms with Crippen LogP contribution in [0.3, 0.4) is 0 Å². The lowest BCUT2D eigenvalue weighted by molar-refractivity contribution is -0.111. The van der Waals surface area contributed by atoms with E-state index >= 15 is 0 Å². The molecular weight excluding hydrogens is 448 g/mol. The molecular formula is C24H25F2N3O3S. The van der Waals surface area contributed by atoms with Crippen LogP contribution in [0.15, 0.2) is 30.5 Å². The number of nitrogens with one attached hydrogen (secondary N) is 1. The first-order valence-corrected chi connectivity index (χ1v) is 11.7. The largest absolute Gasteiger partial charge is 0.386 e. The molecule has 3 aromatic rings. The summed E-state index contributed by atoms with van der Waals surface area (Å²) >= 11 is 1.53. The minimum absolute atomic E-state index is 0.0547. The monoisotopic (exact) mass is 473 g/mol. The van der Waals surface area contributed by atoms with Crippen LogP contribution in [0, 0.1) is 5.92 Å². The number of amides is 1. The number of hydrogen-bond donors (Lipinski definition) is 2. The number of aromatic nitrogens is 2. The maximum atomic E-state index is 13.0. The summed E-state index contributed by atoms with van der Waals surface area (Å²) in [6.45, 7) is 3.22. The predicted octanol–water partition coefficient (Wildman–Crippen LogP) is 5.58. The molecule has 1 saturated carbocycles. The Morgan fingerprint density at radius 2 is 1.97 bits per heavy atom. The fourth-order valence-electron chi connectivity index (χ4n) is 4.18. The molecule has 174 valence electrons. The van der Waals surface area contributed by atoms with Crippen molar-refractivity contribution in [1.82, 2.24) is 9.97 Å². The quantitative estimate of drug-likeness (QED) is 0.456. The molecule has 0 saturated heterocycles. The van der Waals surface area contributed by atoms with Crippen LogP contribution in [-0.2, 0) is 10.4 Å². The first kappa shape index (κ1) is 23.4. The summed E-state index contributed by atoms with van der Waals surface area (Å²) in [5, 5.41) is 14.5. The normalized spacial score (nSPS) is 19.1. The van der Waals surface area contributed by atoms with Crippen molar-refractivity contribution in [1.29, 1.82) is 0 Å². The number of carbonyl (C=O) groups is 2. The van der Waals surface area contributed by atoms with E-state index in [1.165, 1.54) is 23.6 Å². The molecule has 1 aliphatic rings. The zero-order valence-electron chi connectivity index (χ0n) is 18.3. The molecule has 0 aliphatic heterocycles. The Morgan fingerprint density at radius 1 is 1.24 bits per heavy atom. The number of carbonyl (C=O) groups excluding carboxylic acids is 2. The molecule has 0 spiro atoms. The van der Waals surface area contributed by atoms with E-state index in [0.29, 0.717) is 11.3 Å². The summed E-state index contributed by atoms with van der Waals surface area (Å²) in [6.07, 6.45) is 2.94. The first-order valence-electron chi connectivity index (χ1n) is 10.8. The standard InChI is InChI=1S/C24H25F2N3O3S/c1-24(2,32)16-10-18-20(33-23(29-18)14-5-3-13(12-30)4-6-14)11-17(16)28-22(31)15-7-8-27-19(9-15)21(25)26/h7-14,21,32H,3-6H2,1-2H3,(H,28,31). The number of pyridine rings is 1. The number of rotatable bonds is 6. The van der Waals surface area contributed by atoms with Gasteiger partial charge in [-0.2, -0.15) is 0 Å². The first-order chi connectivity index (χ1) is 15.7. The Balaban J connectivity index is 1.66. The second-order valence-electron chi connectivity index (χ2n) is 8.95. The number of aldehydes is 1. The zero-order chi connectivity index (χ0) is 23.8. The molecule has 1 aliphatic carbocycles. The van der Waals surface area contributed by atoms with E-state index < -0.39 is 23.6 Å². The van der Waals surface area contributed by atoms with Crippen molar-refractivity contribution in [2.45, 2.75) is 57.5 Å². The molecule has 1 fully saturated rings. The highest BCUT2D eigenvalue weighted by Crippen LogP contribution is 2.41. The summed E-state index contributed by atoms with van der Waals surface area (Å²) in [7, 11) is 0. The van der Waals surface area contributed by atoms with Crippen molar-refractivity contribution in [3.63, 3.8) is 0 Å². The van der Waals surface area contributed by atoms with Crippen molar-refractivity contribution < 1.29 is 23.5 Å². The molecule has 1 amide bonds. The number of halogens is 2. The molecule has 4 rings (SSSR count). The third kappa shape index (κ3) is 5.09. The SMILES string of the molecule is CC(C)(O)c1cc2nc(C3CCC(C=O)CC3)sc2cc1NC(=O)c1ccnc(C(F)F)c1. The number of aliphatic hydroxyl groups is 1. The highest BCUT2D eigenvalue weighted by Gasteiger charge is 2.27. The van der Waals surface area contributed by atoms with Crippen molar-refractivity contribution in [2.24, 2.45) is 5.92 Å². The minimum Gasteiger partial charge on any atom is -0.386 e. The van der Waals surface area contributed by atoms with Crippen molar-refractivity contribution in [3.8, 4) is 0 Å². The Hall–Kier alpha value is -2.78. The van der Waals surface area contributed by atoms with Gasteiger partial charge in [-0.3, -0.25) is 9.78 Å². The number of alkyl halides is 2. The number of hydrogen-bond acceptors (Lipinski definition) is 6. The van der Waals surface area contributed by atoms with Gasteiger partial charge < -0.3 is 15.2 Å². The summed E-state index contributed by atoms with van der Waals surface area (Å²) in [6, 6.07) is 5.96. The number of thiazole rings is 1. The second kappa shape index (κ2) is 9.23. The van der Waals surface area contributed by atoms with Crippen molar-refractivity contribution in [2.75, 3.05) is 5.32 Å². The highest BCUT2D eigenvalue weighted by molar-refractivity contribution is 7.18. The van der Waals surface area contributed by atoms with Gasteiger partial charge >= 0.3 is 0 Å². The fourth-order valence-corrected chi connectivity index (χ4v) is 5.34. The van der Waals surface area contributed by atoms with Crippen LogP contribution in [-0.4, -0.2) is 27.3 Å². The van der Waals surface area contributed by atoms with E-state index in [1.807, 2.05) is 0 Å². The number of anilines is 1. The molecule has 6 nitrogen and oxygen atoms in total. The van der Waals surface area contributed by atoms with Crippen LogP contribution in [0.4, 0.5) is 14.5 Å². The van der Waals surface area contributed by atoms with Gasteiger partial charge in [0, 0.05) is 34.8 Å². The van der Waals surface area contributed by atoms with E-state index in [0.717, 1.165) is 53.3 Å². The molecule has 2 N–H and O–H groups in total. The van der Waals surface area contributed by atoms with Crippen LogP contribution >= 0.6 is 11.3 Å². The Kier molecular flexibility index (Phi) is 6.54. The molecule has 0 unspecified atom stereocenters. The molecule has 2 aromatic heterocycles. The van der Waals surface area contributed by atoms with Gasteiger partial charge in [0.2, 0.25) is 0 Å². The molecule has 0 bridgehead atoms. The molecule has 33 heavy (non-hydrogen) atoms. The van der Waals surface area contributed by atoms with Crippen molar-refractivity contribution >= 4 is 39.4 Å². The van der Waals surface area contributed by atoms with E-state index in [-0.39, 0.29) is 17.4 Å². The highest BCUT2D eigenvalue weighted by atomic mass is 32.1. The molecule has 9 heteroatoms. The third-order valence-electron chi connectivity index (χ3n) is 6.03. The molecule has 2 heterocycles. The zero-order valence-corrected chi connectivity index (χ0v) is 19.2. The average molecular weight is 474 g/mol. The second-order valence-corrected chi connectivity index (χ2v) is 10.0. The number of benzene rings is 1. The van der Waals surface area contributed by atoms with E-state index in [1.54, 1.807) is 26.0 Å². The van der Waals surface area contributed by atoms with Crippen LogP contribution < -0.4 is 5.32 Å². The van der Waals surface area contributed by atoms with Gasteiger partial charge in [-0.15, -0.1) is 11.3 Å². The van der Waals surface area contributed by atoms with Gasteiger partial charge in [-0.1, -0.05) is 0 Å². The minimum atomic E-state index is -2.78. The lowest BCUT2D eigenvalue weighted by Gasteiger charge is -2.23. The number of nitrogens with zero attached hydrogens (tertiary/aromatic N) is 2. The van der Waals surface area contributed by atoms with E-state index in [2.05, 4.69) is 10.3 Å². The summed E-state index contributed by atoms with van der Waals surface area (Å²) in [4.78, 5) is 32.2. The third-order valence-corrected chi connectivity index (χ3v) is 7.21. The predicted molar refractivity (Wildman–Crippen MR) is 123 cm³/mol. The maximum Gasteiger partial charge on any atom is 0.280 e.